The van der Waals surface area contributed by atoms with Gasteiger partial charge in [-0.3, -0.25) is 4.79 Å². The Labute approximate surface area is 118 Å². The fourth-order valence-electron chi connectivity index (χ4n) is 2.02. The van der Waals surface area contributed by atoms with Gasteiger partial charge in [0.05, 0.1) is 13.7 Å². The maximum atomic E-state index is 11.8. The van der Waals surface area contributed by atoms with Crippen LogP contribution >= 0.6 is 11.8 Å². The molecular weight excluding hydrogens is 260 g/mol. The first-order valence-corrected chi connectivity index (χ1v) is 7.68. The molecule has 0 aromatic heterocycles. The summed E-state index contributed by atoms with van der Waals surface area (Å²) in [6, 6.07) is 7.82. The molecule has 1 unspecified atom stereocenters. The average molecular weight is 280 g/mol. The molecule has 1 aliphatic rings. The summed E-state index contributed by atoms with van der Waals surface area (Å²) in [4.78, 5) is 11.8. The highest BCUT2D eigenvalue weighted by molar-refractivity contribution is 7.99. The zero-order chi connectivity index (χ0) is 13.5. The molecule has 19 heavy (non-hydrogen) atoms. The molecule has 0 aliphatic carbocycles. The maximum absolute atomic E-state index is 11.8. The summed E-state index contributed by atoms with van der Waals surface area (Å²) in [7, 11) is 1.62. The molecule has 0 spiro atoms. The van der Waals surface area contributed by atoms with E-state index >= 15 is 0 Å². The quantitative estimate of drug-likeness (QED) is 0.867. The van der Waals surface area contributed by atoms with Gasteiger partial charge in [-0.05, 0) is 42.9 Å². The van der Waals surface area contributed by atoms with Crippen molar-refractivity contribution in [1.82, 2.24) is 5.32 Å². The molecule has 104 valence electrons. The number of anilines is 1. The van der Waals surface area contributed by atoms with E-state index in [1.165, 1.54) is 18.6 Å². The lowest BCUT2D eigenvalue weighted by atomic mass is 10.2. The van der Waals surface area contributed by atoms with Crippen LogP contribution in [0.1, 0.15) is 12.8 Å². The second-order valence-corrected chi connectivity index (χ2v) is 5.72. The smallest absolute Gasteiger partial charge is 0.238 e. The van der Waals surface area contributed by atoms with E-state index in [-0.39, 0.29) is 5.91 Å². The minimum atomic E-state index is 0.000685. The Kier molecular flexibility index (Phi) is 5.54. The van der Waals surface area contributed by atoms with E-state index in [9.17, 15) is 4.79 Å². The summed E-state index contributed by atoms with van der Waals surface area (Å²) in [6.45, 7) is 0.372. The maximum Gasteiger partial charge on any atom is 0.238 e. The number of methoxy groups -OCH3 is 1. The lowest BCUT2D eigenvalue weighted by molar-refractivity contribution is -0.115. The van der Waals surface area contributed by atoms with Crippen LogP contribution in [0.4, 0.5) is 5.69 Å². The molecule has 1 amide bonds. The molecule has 1 aromatic rings. The largest absolute Gasteiger partial charge is 0.497 e. The lowest BCUT2D eigenvalue weighted by Crippen LogP contribution is -2.39. The number of amides is 1. The average Bonchev–Trinajstić information content (AvgIpc) is 2.47. The topological polar surface area (TPSA) is 50.4 Å². The van der Waals surface area contributed by atoms with Crippen molar-refractivity contribution in [2.75, 3.05) is 30.5 Å². The molecule has 5 heteroatoms. The highest BCUT2D eigenvalue weighted by Crippen LogP contribution is 2.17. The van der Waals surface area contributed by atoms with Crippen LogP contribution in [0.3, 0.4) is 0 Å². The number of benzene rings is 1. The normalized spacial score (nSPS) is 18.9. The molecule has 0 saturated carbocycles. The van der Waals surface area contributed by atoms with Crippen LogP contribution in [0, 0.1) is 0 Å². The minimum Gasteiger partial charge on any atom is -0.497 e. The van der Waals surface area contributed by atoms with E-state index in [4.69, 9.17) is 4.74 Å². The van der Waals surface area contributed by atoms with Gasteiger partial charge < -0.3 is 15.4 Å². The number of thioether (sulfide) groups is 1. The van der Waals surface area contributed by atoms with E-state index in [0.717, 1.165) is 17.2 Å². The highest BCUT2D eigenvalue weighted by Gasteiger charge is 2.14. The van der Waals surface area contributed by atoms with Gasteiger partial charge >= 0.3 is 0 Å². The van der Waals surface area contributed by atoms with Crippen molar-refractivity contribution < 1.29 is 9.53 Å². The third-order valence-electron chi connectivity index (χ3n) is 3.09. The number of rotatable bonds is 5. The van der Waals surface area contributed by atoms with Crippen LogP contribution in [0.5, 0.6) is 5.75 Å². The molecule has 1 atom stereocenters. The summed E-state index contributed by atoms with van der Waals surface area (Å²) < 4.78 is 5.07. The molecule has 1 fully saturated rings. The molecule has 1 aromatic carbocycles. The van der Waals surface area contributed by atoms with Gasteiger partial charge in [0.25, 0.3) is 0 Å². The van der Waals surface area contributed by atoms with Gasteiger partial charge in [0.1, 0.15) is 5.75 Å². The predicted octanol–water partition coefficient (Wildman–Crippen LogP) is 2.12. The van der Waals surface area contributed by atoms with Gasteiger partial charge in [0.2, 0.25) is 5.91 Å². The number of nitrogens with one attached hydrogen (secondary N) is 2. The first-order valence-electron chi connectivity index (χ1n) is 6.53. The number of carbonyl (C=O) groups excluding carboxylic acids is 1. The Morgan fingerprint density at radius 1 is 1.42 bits per heavy atom. The van der Waals surface area contributed by atoms with Gasteiger partial charge in [-0.2, -0.15) is 11.8 Å². The van der Waals surface area contributed by atoms with Crippen LogP contribution in [0.2, 0.25) is 0 Å². The van der Waals surface area contributed by atoms with Gasteiger partial charge in [-0.1, -0.05) is 0 Å². The van der Waals surface area contributed by atoms with Gasteiger partial charge in [0.15, 0.2) is 0 Å². The summed E-state index contributed by atoms with van der Waals surface area (Å²) in [5.41, 5.74) is 0.797. The minimum absolute atomic E-state index is 0.000685. The summed E-state index contributed by atoms with van der Waals surface area (Å²) in [5, 5.41) is 6.18. The van der Waals surface area contributed by atoms with Crippen LogP contribution in [0.25, 0.3) is 0 Å². The summed E-state index contributed by atoms with van der Waals surface area (Å²) in [5.74, 6) is 3.14. The monoisotopic (exact) mass is 280 g/mol. The highest BCUT2D eigenvalue weighted by atomic mass is 32.2. The van der Waals surface area contributed by atoms with E-state index in [0.29, 0.717) is 12.6 Å². The van der Waals surface area contributed by atoms with Crippen molar-refractivity contribution >= 4 is 23.4 Å². The summed E-state index contributed by atoms with van der Waals surface area (Å²) >= 11 is 1.95. The van der Waals surface area contributed by atoms with Crippen LogP contribution in [0.15, 0.2) is 24.3 Å². The van der Waals surface area contributed by atoms with E-state index < -0.39 is 0 Å². The Balaban J connectivity index is 1.73. The third-order valence-corrected chi connectivity index (χ3v) is 4.30. The van der Waals surface area contributed by atoms with Crippen LogP contribution in [-0.4, -0.2) is 37.1 Å². The number of hydrogen-bond donors (Lipinski definition) is 2. The van der Waals surface area contributed by atoms with Gasteiger partial charge in [-0.15, -0.1) is 0 Å². The molecule has 4 nitrogen and oxygen atoms in total. The zero-order valence-corrected chi connectivity index (χ0v) is 12.0. The van der Waals surface area contributed by atoms with E-state index in [1.54, 1.807) is 7.11 Å². The van der Waals surface area contributed by atoms with Crippen molar-refractivity contribution in [3.05, 3.63) is 24.3 Å². The predicted molar refractivity (Wildman–Crippen MR) is 80.0 cm³/mol. The molecule has 1 saturated heterocycles. The van der Waals surface area contributed by atoms with E-state index in [2.05, 4.69) is 10.6 Å². The number of ether oxygens (including phenoxy) is 1. The molecule has 0 bridgehead atoms. The SMILES string of the molecule is COc1ccc(NC(=O)CNC2CCCSC2)cc1. The van der Waals surface area contributed by atoms with Crippen molar-refractivity contribution in [2.24, 2.45) is 0 Å². The number of carbonyl (C=O) groups is 1. The van der Waals surface area contributed by atoms with Crippen molar-refractivity contribution in [3.8, 4) is 5.75 Å². The molecule has 0 radical (unpaired) electrons. The molecule has 2 rings (SSSR count). The number of hydrogen-bond acceptors (Lipinski definition) is 4. The van der Waals surface area contributed by atoms with Crippen LogP contribution < -0.4 is 15.4 Å². The lowest BCUT2D eigenvalue weighted by Gasteiger charge is -2.22. The van der Waals surface area contributed by atoms with Crippen molar-refractivity contribution in [2.45, 2.75) is 18.9 Å². The fraction of sp³-hybridized carbons (Fsp3) is 0.500. The Morgan fingerprint density at radius 2 is 2.21 bits per heavy atom. The zero-order valence-electron chi connectivity index (χ0n) is 11.1. The van der Waals surface area contributed by atoms with Gasteiger partial charge in [-0.25, -0.2) is 0 Å². The van der Waals surface area contributed by atoms with Crippen molar-refractivity contribution in [3.63, 3.8) is 0 Å². The van der Waals surface area contributed by atoms with Gasteiger partial charge in [0, 0.05) is 17.5 Å². The van der Waals surface area contributed by atoms with E-state index in [1.807, 2.05) is 36.0 Å². The second-order valence-electron chi connectivity index (χ2n) is 4.57. The Bertz CT molecular complexity index is 402. The Hall–Kier alpha value is -1.20. The second kappa shape index (κ2) is 7.40. The molecule has 1 aliphatic heterocycles. The standard InChI is InChI=1S/C14H20N2O2S/c1-18-13-6-4-11(5-7-13)16-14(17)9-15-12-3-2-8-19-10-12/h4-7,12,15H,2-3,8-10H2,1H3,(H,16,17). The fourth-order valence-corrected chi connectivity index (χ4v) is 3.12. The first-order chi connectivity index (χ1) is 9.28. The molecule has 2 N–H and O–H groups in total. The third kappa shape index (κ3) is 4.76. The molecule has 1 heterocycles. The summed E-state index contributed by atoms with van der Waals surface area (Å²) in [6.07, 6.45) is 2.41. The first kappa shape index (κ1) is 14.2. The van der Waals surface area contributed by atoms with Crippen molar-refractivity contribution in [1.29, 1.82) is 0 Å². The van der Waals surface area contributed by atoms with Crippen LogP contribution in [-0.2, 0) is 4.79 Å². The Morgan fingerprint density at radius 3 is 2.84 bits per heavy atom. The molecular formula is C14H20N2O2S.